The predicted molar refractivity (Wildman–Crippen MR) is 47.6 cm³/mol. The smallest absolute Gasteiger partial charge is 0.330 e. The molecule has 0 rings (SSSR count). The van der Waals surface area contributed by atoms with Crippen LogP contribution in [0.4, 0.5) is 0 Å². The molecular formula is C8H13NO4. The van der Waals surface area contributed by atoms with Gasteiger partial charge in [0, 0.05) is 6.08 Å². The first kappa shape index (κ1) is 13.9. The fourth-order valence-electron chi connectivity index (χ4n) is 0.205. The molecule has 0 heterocycles. The van der Waals surface area contributed by atoms with Gasteiger partial charge < -0.3 is 15.6 Å². The van der Waals surface area contributed by atoms with Crippen LogP contribution < -0.4 is 5.73 Å². The molecule has 0 atom stereocenters. The summed E-state index contributed by atoms with van der Waals surface area (Å²) in [6.07, 6.45) is 2.11. The largest absolute Gasteiger partial charge is 0.460 e. The highest BCUT2D eigenvalue weighted by Gasteiger charge is 1.90. The van der Waals surface area contributed by atoms with Gasteiger partial charge in [-0.05, 0) is 6.08 Å². The summed E-state index contributed by atoms with van der Waals surface area (Å²) >= 11 is 0. The zero-order valence-corrected chi connectivity index (χ0v) is 7.23. The van der Waals surface area contributed by atoms with Crippen molar-refractivity contribution in [3.8, 4) is 0 Å². The number of hydrogen-bond acceptors (Lipinski definition) is 4. The molecule has 0 bridgehead atoms. The molecule has 0 spiro atoms. The normalized spacial score (nSPS) is 7.46. The van der Waals surface area contributed by atoms with Gasteiger partial charge in [0.1, 0.15) is 6.61 Å². The molecule has 1 amide bonds. The van der Waals surface area contributed by atoms with Crippen molar-refractivity contribution in [2.75, 3.05) is 13.2 Å². The van der Waals surface area contributed by atoms with Crippen molar-refractivity contribution in [1.29, 1.82) is 0 Å². The molecule has 0 fully saturated rings. The van der Waals surface area contributed by atoms with Crippen LogP contribution in [0.5, 0.6) is 0 Å². The van der Waals surface area contributed by atoms with Crippen LogP contribution in [0, 0.1) is 0 Å². The van der Waals surface area contributed by atoms with Gasteiger partial charge in [-0.15, -0.1) is 0 Å². The van der Waals surface area contributed by atoms with Crippen molar-refractivity contribution in [1.82, 2.24) is 0 Å². The average Bonchev–Trinajstić information content (AvgIpc) is 2.15. The lowest BCUT2D eigenvalue weighted by Gasteiger charge is -1.94. The lowest BCUT2D eigenvalue weighted by molar-refractivity contribution is -0.138. The third kappa shape index (κ3) is 17.9. The third-order valence-electron chi connectivity index (χ3n) is 0.703. The number of hydrogen-bond donors (Lipinski definition) is 2. The Balaban J connectivity index is 0. The second-order valence-electron chi connectivity index (χ2n) is 1.70. The number of amides is 1. The quantitative estimate of drug-likeness (QED) is 0.452. The number of nitrogens with two attached hydrogens (primary N) is 1. The number of carbonyl (C=O) groups is 2. The van der Waals surface area contributed by atoms with E-state index < -0.39 is 11.9 Å². The molecule has 3 N–H and O–H groups in total. The Hall–Kier alpha value is -1.62. The van der Waals surface area contributed by atoms with Crippen LogP contribution in [0.1, 0.15) is 0 Å². The predicted octanol–water partition coefficient (Wildman–Crippen LogP) is -0.634. The van der Waals surface area contributed by atoms with Crippen LogP contribution in [-0.4, -0.2) is 30.2 Å². The molecule has 0 unspecified atom stereocenters. The van der Waals surface area contributed by atoms with E-state index in [1.807, 2.05) is 0 Å². The van der Waals surface area contributed by atoms with Gasteiger partial charge in [0.2, 0.25) is 5.91 Å². The Morgan fingerprint density at radius 1 is 1.38 bits per heavy atom. The van der Waals surface area contributed by atoms with Crippen LogP contribution in [0.3, 0.4) is 0 Å². The van der Waals surface area contributed by atoms with Gasteiger partial charge in [-0.2, -0.15) is 0 Å². The Kier molecular flexibility index (Phi) is 11.1. The molecule has 0 aromatic carbocycles. The SMILES string of the molecule is C=CC(=O)OCCO.C=CC(N)=O. The van der Waals surface area contributed by atoms with E-state index in [9.17, 15) is 9.59 Å². The Morgan fingerprint density at radius 2 is 1.85 bits per heavy atom. The standard InChI is InChI=1S/C5H8O3.C3H5NO/c1-2-5(7)8-4-3-6;1-2-3(4)5/h2,6H,1,3-4H2;2H,1H2,(H2,4,5). The van der Waals surface area contributed by atoms with Crippen molar-refractivity contribution < 1.29 is 19.4 Å². The minimum atomic E-state index is -0.501. The van der Waals surface area contributed by atoms with Crippen molar-refractivity contribution in [2.45, 2.75) is 0 Å². The summed E-state index contributed by atoms with van der Waals surface area (Å²) < 4.78 is 4.33. The molecule has 0 saturated carbocycles. The summed E-state index contributed by atoms with van der Waals surface area (Å²) in [5.74, 6) is -0.982. The van der Waals surface area contributed by atoms with E-state index in [1.54, 1.807) is 0 Å². The van der Waals surface area contributed by atoms with Gasteiger partial charge in [-0.25, -0.2) is 4.79 Å². The zero-order valence-electron chi connectivity index (χ0n) is 7.23. The van der Waals surface area contributed by atoms with E-state index in [2.05, 4.69) is 23.6 Å². The molecule has 13 heavy (non-hydrogen) atoms. The van der Waals surface area contributed by atoms with Gasteiger partial charge in [0.05, 0.1) is 6.61 Å². The van der Waals surface area contributed by atoms with E-state index >= 15 is 0 Å². The molecule has 0 saturated heterocycles. The second-order valence-corrected chi connectivity index (χ2v) is 1.70. The summed E-state index contributed by atoms with van der Waals surface area (Å²) in [4.78, 5) is 19.6. The second kappa shape index (κ2) is 10.4. The number of aliphatic hydroxyl groups is 1. The number of carbonyl (C=O) groups excluding carboxylic acids is 2. The number of aliphatic hydroxyl groups excluding tert-OH is 1. The molecule has 5 heteroatoms. The van der Waals surface area contributed by atoms with Gasteiger partial charge in [-0.3, -0.25) is 4.79 Å². The summed E-state index contributed by atoms with van der Waals surface area (Å²) in [5.41, 5.74) is 4.53. The first-order chi connectivity index (χ1) is 6.08. The highest BCUT2D eigenvalue weighted by molar-refractivity contribution is 5.85. The lowest BCUT2D eigenvalue weighted by Crippen LogP contribution is -2.04. The minimum absolute atomic E-state index is 0.0465. The molecule has 0 aliphatic heterocycles. The van der Waals surface area contributed by atoms with Crippen molar-refractivity contribution >= 4 is 11.9 Å². The van der Waals surface area contributed by atoms with Crippen LogP contribution in [0.25, 0.3) is 0 Å². The topological polar surface area (TPSA) is 89.6 Å². The highest BCUT2D eigenvalue weighted by atomic mass is 16.5. The van der Waals surface area contributed by atoms with Crippen LogP contribution in [0.2, 0.25) is 0 Å². The molecule has 74 valence electrons. The van der Waals surface area contributed by atoms with E-state index in [0.717, 1.165) is 12.2 Å². The summed E-state index contributed by atoms with van der Waals surface area (Å²) in [5, 5.41) is 8.10. The fraction of sp³-hybridized carbons (Fsp3) is 0.250. The summed E-state index contributed by atoms with van der Waals surface area (Å²) in [6.45, 7) is 6.15. The molecular weight excluding hydrogens is 174 g/mol. The zero-order chi connectivity index (χ0) is 10.7. The molecule has 0 radical (unpaired) electrons. The fourth-order valence-corrected chi connectivity index (χ4v) is 0.205. The van der Waals surface area contributed by atoms with Gasteiger partial charge >= 0.3 is 5.97 Å². The summed E-state index contributed by atoms with van der Waals surface area (Å²) in [7, 11) is 0. The maximum absolute atomic E-state index is 10.1. The van der Waals surface area contributed by atoms with Crippen molar-refractivity contribution in [3.63, 3.8) is 0 Å². The molecule has 0 aromatic rings. The number of rotatable bonds is 4. The lowest BCUT2D eigenvalue weighted by atomic mass is 10.6. The van der Waals surface area contributed by atoms with E-state index in [0.29, 0.717) is 0 Å². The minimum Gasteiger partial charge on any atom is -0.460 e. The van der Waals surface area contributed by atoms with Gasteiger partial charge in [0.25, 0.3) is 0 Å². The van der Waals surface area contributed by atoms with E-state index in [4.69, 9.17) is 5.11 Å². The van der Waals surface area contributed by atoms with Crippen LogP contribution >= 0.6 is 0 Å². The number of esters is 1. The maximum Gasteiger partial charge on any atom is 0.330 e. The Morgan fingerprint density at radius 3 is 2.08 bits per heavy atom. The van der Waals surface area contributed by atoms with Crippen molar-refractivity contribution in [2.24, 2.45) is 5.73 Å². The number of ether oxygens (including phenoxy) is 1. The Labute approximate surface area is 76.5 Å². The van der Waals surface area contributed by atoms with Crippen molar-refractivity contribution in [3.05, 3.63) is 25.3 Å². The van der Waals surface area contributed by atoms with Crippen LogP contribution in [0.15, 0.2) is 25.3 Å². The summed E-state index contributed by atoms with van der Waals surface area (Å²) in [6, 6.07) is 0. The third-order valence-corrected chi connectivity index (χ3v) is 0.703. The molecule has 0 aliphatic carbocycles. The molecule has 5 nitrogen and oxygen atoms in total. The average molecular weight is 187 g/mol. The van der Waals surface area contributed by atoms with Gasteiger partial charge in [-0.1, -0.05) is 13.2 Å². The number of primary amides is 1. The van der Waals surface area contributed by atoms with Gasteiger partial charge in [0.15, 0.2) is 0 Å². The Bertz CT molecular complexity index is 189. The maximum atomic E-state index is 10.1. The first-order valence-corrected chi connectivity index (χ1v) is 3.40. The van der Waals surface area contributed by atoms with E-state index in [-0.39, 0.29) is 13.2 Å². The first-order valence-electron chi connectivity index (χ1n) is 3.40. The molecule has 0 aliphatic rings. The molecule has 0 aromatic heterocycles. The highest BCUT2D eigenvalue weighted by Crippen LogP contribution is 1.75. The van der Waals surface area contributed by atoms with Crippen LogP contribution in [-0.2, 0) is 14.3 Å². The monoisotopic (exact) mass is 187 g/mol. The van der Waals surface area contributed by atoms with E-state index in [1.165, 1.54) is 0 Å².